The molecule has 28 heavy (non-hydrogen) atoms. The lowest BCUT2D eigenvalue weighted by molar-refractivity contribution is -0.127. The summed E-state index contributed by atoms with van der Waals surface area (Å²) in [6.45, 7) is 1.68. The standard InChI is InChI=1S/C21H18N2O5/c1-13-20(25)22(21(26)23(13)15-6-4-3-5-7-15)12-14-10-19(24)28-18-11-16(27-2)8-9-17(14)18/h3-11,13H,12H2,1-2H3/t13-/m0/s1. The van der Waals surface area contributed by atoms with Crippen LogP contribution < -0.4 is 15.3 Å². The van der Waals surface area contributed by atoms with Gasteiger partial charge in [-0.15, -0.1) is 0 Å². The van der Waals surface area contributed by atoms with E-state index in [9.17, 15) is 14.4 Å². The molecule has 1 aliphatic rings. The number of rotatable bonds is 4. The van der Waals surface area contributed by atoms with Gasteiger partial charge in [-0.2, -0.15) is 0 Å². The Bertz CT molecular complexity index is 1120. The fourth-order valence-corrected chi connectivity index (χ4v) is 3.43. The maximum atomic E-state index is 13.0. The number of methoxy groups -OCH3 is 1. The number of para-hydroxylation sites is 1. The first-order chi connectivity index (χ1) is 13.5. The number of nitrogens with zero attached hydrogens (tertiary/aromatic N) is 2. The molecule has 1 fully saturated rings. The molecule has 1 aromatic heterocycles. The monoisotopic (exact) mass is 378 g/mol. The molecule has 1 aliphatic heterocycles. The molecule has 0 bridgehead atoms. The van der Waals surface area contributed by atoms with Crippen molar-refractivity contribution in [1.82, 2.24) is 4.90 Å². The second-order valence-electron chi connectivity index (χ2n) is 6.54. The molecule has 0 spiro atoms. The number of carbonyl (C=O) groups is 2. The van der Waals surface area contributed by atoms with E-state index >= 15 is 0 Å². The van der Waals surface area contributed by atoms with Crippen LogP contribution >= 0.6 is 0 Å². The number of amides is 3. The first-order valence-electron chi connectivity index (χ1n) is 8.80. The van der Waals surface area contributed by atoms with E-state index in [0.717, 1.165) is 4.90 Å². The van der Waals surface area contributed by atoms with Gasteiger partial charge in [0.1, 0.15) is 17.4 Å². The smallest absolute Gasteiger partial charge is 0.336 e. The number of fused-ring (bicyclic) bond motifs is 1. The Hall–Kier alpha value is -3.61. The topological polar surface area (TPSA) is 80.1 Å². The van der Waals surface area contributed by atoms with Crippen molar-refractivity contribution in [3.63, 3.8) is 0 Å². The molecule has 0 radical (unpaired) electrons. The molecule has 2 aromatic carbocycles. The minimum Gasteiger partial charge on any atom is -0.497 e. The van der Waals surface area contributed by atoms with Gasteiger partial charge in [0.15, 0.2) is 0 Å². The maximum Gasteiger partial charge on any atom is 0.336 e. The molecular weight excluding hydrogens is 360 g/mol. The molecule has 2 heterocycles. The molecule has 0 unspecified atom stereocenters. The summed E-state index contributed by atoms with van der Waals surface area (Å²) in [5, 5.41) is 0.645. The number of carbonyl (C=O) groups excluding carboxylic acids is 2. The Balaban J connectivity index is 1.72. The van der Waals surface area contributed by atoms with E-state index in [2.05, 4.69) is 0 Å². The van der Waals surface area contributed by atoms with Crippen LogP contribution in [0.2, 0.25) is 0 Å². The fourth-order valence-electron chi connectivity index (χ4n) is 3.43. The molecular formula is C21H18N2O5. The molecule has 0 N–H and O–H groups in total. The van der Waals surface area contributed by atoms with Crippen LogP contribution in [0.4, 0.5) is 10.5 Å². The van der Waals surface area contributed by atoms with Crippen molar-refractivity contribution in [3.8, 4) is 5.75 Å². The number of hydrogen-bond acceptors (Lipinski definition) is 5. The molecule has 1 atom stereocenters. The summed E-state index contributed by atoms with van der Waals surface area (Å²) in [7, 11) is 1.52. The third-order valence-electron chi connectivity index (χ3n) is 4.85. The van der Waals surface area contributed by atoms with Gasteiger partial charge >= 0.3 is 11.7 Å². The molecule has 4 rings (SSSR count). The second-order valence-corrected chi connectivity index (χ2v) is 6.54. The third kappa shape index (κ3) is 2.90. The quantitative estimate of drug-likeness (QED) is 0.515. The van der Waals surface area contributed by atoms with Gasteiger partial charge in [-0.05, 0) is 36.8 Å². The van der Waals surface area contributed by atoms with E-state index in [1.54, 1.807) is 37.3 Å². The SMILES string of the molecule is COc1ccc2c(CN3C(=O)[C@H](C)N(c4ccccc4)C3=O)cc(=O)oc2c1. The molecule has 3 amide bonds. The lowest BCUT2D eigenvalue weighted by Crippen LogP contribution is -2.33. The van der Waals surface area contributed by atoms with E-state index < -0.39 is 17.7 Å². The average Bonchev–Trinajstić information content (AvgIpc) is 2.91. The zero-order valence-corrected chi connectivity index (χ0v) is 15.4. The van der Waals surface area contributed by atoms with Crippen LogP contribution in [-0.4, -0.2) is 30.0 Å². The van der Waals surface area contributed by atoms with Crippen molar-refractivity contribution in [2.45, 2.75) is 19.5 Å². The summed E-state index contributed by atoms with van der Waals surface area (Å²) in [5.41, 5.74) is 0.979. The summed E-state index contributed by atoms with van der Waals surface area (Å²) >= 11 is 0. The van der Waals surface area contributed by atoms with Crippen LogP contribution in [-0.2, 0) is 11.3 Å². The Labute approximate surface area is 160 Å². The van der Waals surface area contributed by atoms with Gasteiger partial charge in [0.25, 0.3) is 5.91 Å². The highest BCUT2D eigenvalue weighted by Crippen LogP contribution is 2.29. The summed E-state index contributed by atoms with van der Waals surface area (Å²) in [4.78, 5) is 40.3. The first kappa shape index (κ1) is 17.8. The Morgan fingerprint density at radius 2 is 1.79 bits per heavy atom. The predicted octanol–water partition coefficient (Wildman–Crippen LogP) is 3.16. The molecule has 3 aromatic rings. The van der Waals surface area contributed by atoms with Crippen molar-refractivity contribution in [1.29, 1.82) is 0 Å². The lowest BCUT2D eigenvalue weighted by atomic mass is 10.1. The molecule has 1 saturated heterocycles. The highest BCUT2D eigenvalue weighted by molar-refractivity contribution is 6.14. The van der Waals surface area contributed by atoms with Gasteiger partial charge in [-0.25, -0.2) is 9.59 Å². The van der Waals surface area contributed by atoms with Crippen molar-refractivity contribution >= 4 is 28.6 Å². The van der Waals surface area contributed by atoms with Crippen molar-refractivity contribution in [2.24, 2.45) is 0 Å². The van der Waals surface area contributed by atoms with E-state index in [1.165, 1.54) is 18.1 Å². The van der Waals surface area contributed by atoms with Gasteiger partial charge in [-0.3, -0.25) is 14.6 Å². The summed E-state index contributed by atoms with van der Waals surface area (Å²) in [6.07, 6.45) is 0. The number of urea groups is 1. The van der Waals surface area contributed by atoms with Crippen molar-refractivity contribution in [3.05, 3.63) is 70.6 Å². The second kappa shape index (κ2) is 6.84. The Kier molecular flexibility index (Phi) is 4.35. The molecule has 7 heteroatoms. The number of ether oxygens (including phenoxy) is 1. The zero-order chi connectivity index (χ0) is 19.8. The van der Waals surface area contributed by atoms with E-state index in [-0.39, 0.29) is 12.5 Å². The van der Waals surface area contributed by atoms with Crippen LogP contribution in [0.25, 0.3) is 11.0 Å². The van der Waals surface area contributed by atoms with Crippen molar-refractivity contribution in [2.75, 3.05) is 12.0 Å². The minimum absolute atomic E-state index is 0.0141. The van der Waals surface area contributed by atoms with E-state index in [0.29, 0.717) is 28.0 Å². The number of anilines is 1. The van der Waals surface area contributed by atoms with Gasteiger partial charge in [0.05, 0.1) is 13.7 Å². The zero-order valence-electron chi connectivity index (χ0n) is 15.4. The van der Waals surface area contributed by atoms with Crippen LogP contribution in [0.3, 0.4) is 0 Å². The Morgan fingerprint density at radius 1 is 1.04 bits per heavy atom. The molecule has 0 saturated carbocycles. The highest BCUT2D eigenvalue weighted by Gasteiger charge is 2.43. The first-order valence-corrected chi connectivity index (χ1v) is 8.80. The van der Waals surface area contributed by atoms with Crippen LogP contribution in [0.1, 0.15) is 12.5 Å². The van der Waals surface area contributed by atoms with E-state index in [4.69, 9.17) is 9.15 Å². The largest absolute Gasteiger partial charge is 0.497 e. The maximum absolute atomic E-state index is 13.0. The molecule has 0 aliphatic carbocycles. The van der Waals surface area contributed by atoms with Gasteiger partial charge in [0, 0.05) is 23.2 Å². The normalized spacial score (nSPS) is 16.9. The summed E-state index contributed by atoms with van der Waals surface area (Å²) in [6, 6.07) is 14.4. The number of hydrogen-bond donors (Lipinski definition) is 0. The molecule has 7 nitrogen and oxygen atoms in total. The minimum atomic E-state index is -0.624. The number of benzene rings is 2. The average molecular weight is 378 g/mol. The predicted molar refractivity (Wildman–Crippen MR) is 103 cm³/mol. The van der Waals surface area contributed by atoms with E-state index in [1.807, 2.05) is 18.2 Å². The van der Waals surface area contributed by atoms with Gasteiger partial charge < -0.3 is 9.15 Å². The van der Waals surface area contributed by atoms with Crippen LogP contribution in [0, 0.1) is 0 Å². The summed E-state index contributed by atoms with van der Waals surface area (Å²) < 4.78 is 10.4. The number of imide groups is 1. The van der Waals surface area contributed by atoms with Crippen LogP contribution in [0.5, 0.6) is 5.75 Å². The molecule has 142 valence electrons. The van der Waals surface area contributed by atoms with Gasteiger partial charge in [-0.1, -0.05) is 18.2 Å². The van der Waals surface area contributed by atoms with Crippen LogP contribution in [0.15, 0.2) is 63.8 Å². The lowest BCUT2D eigenvalue weighted by Gasteiger charge is -2.19. The van der Waals surface area contributed by atoms with Gasteiger partial charge in [0.2, 0.25) is 0 Å². The summed E-state index contributed by atoms with van der Waals surface area (Å²) in [5.74, 6) is 0.230. The van der Waals surface area contributed by atoms with Crippen molar-refractivity contribution < 1.29 is 18.7 Å². The highest BCUT2D eigenvalue weighted by atomic mass is 16.5. The Morgan fingerprint density at radius 3 is 2.50 bits per heavy atom. The fraction of sp³-hybridized carbons (Fsp3) is 0.190. The third-order valence-corrected chi connectivity index (χ3v) is 4.85.